The van der Waals surface area contributed by atoms with Crippen LogP contribution in [0.1, 0.15) is 19.8 Å². The van der Waals surface area contributed by atoms with E-state index in [9.17, 15) is 18.0 Å². The Bertz CT molecular complexity index is 377. The summed E-state index contributed by atoms with van der Waals surface area (Å²) in [6, 6.07) is -0.470. The lowest BCUT2D eigenvalue weighted by molar-refractivity contribution is -0.124. The molecular formula is C9H17N3O4S. The van der Waals surface area contributed by atoms with Gasteiger partial charge in [0.15, 0.2) is 0 Å². The third-order valence-electron chi connectivity index (χ3n) is 2.36. The molecule has 8 heteroatoms. The van der Waals surface area contributed by atoms with Crippen LogP contribution in [0.5, 0.6) is 0 Å². The van der Waals surface area contributed by atoms with Crippen LogP contribution in [0.15, 0.2) is 0 Å². The van der Waals surface area contributed by atoms with E-state index in [2.05, 4.69) is 10.0 Å². The summed E-state index contributed by atoms with van der Waals surface area (Å²) in [5.74, 6) is -0.258. The van der Waals surface area contributed by atoms with Crippen molar-refractivity contribution in [1.82, 2.24) is 14.9 Å². The molecule has 0 aliphatic carbocycles. The number of rotatable bonds is 7. The molecule has 1 fully saturated rings. The van der Waals surface area contributed by atoms with Crippen molar-refractivity contribution < 1.29 is 18.0 Å². The van der Waals surface area contributed by atoms with Gasteiger partial charge >= 0.3 is 6.03 Å². The Hall–Kier alpha value is -1.15. The molecule has 3 amide bonds. The molecule has 1 aliphatic rings. The fraction of sp³-hybridized carbons (Fsp3) is 0.778. The molecule has 0 bridgehead atoms. The number of hydrogen-bond donors (Lipinski definition) is 2. The molecule has 0 aromatic carbocycles. The zero-order valence-electron chi connectivity index (χ0n) is 9.73. The number of amides is 3. The summed E-state index contributed by atoms with van der Waals surface area (Å²) in [7, 11) is -3.29. The quantitative estimate of drug-likeness (QED) is 0.591. The van der Waals surface area contributed by atoms with Gasteiger partial charge in [-0.2, -0.15) is 0 Å². The molecule has 1 rings (SSSR count). The maximum atomic E-state index is 11.4. The Morgan fingerprint density at radius 2 is 2.12 bits per heavy atom. The second-order valence-electron chi connectivity index (χ2n) is 3.77. The Labute approximate surface area is 101 Å². The van der Waals surface area contributed by atoms with Crippen LogP contribution in [0.3, 0.4) is 0 Å². The highest BCUT2D eigenvalue weighted by atomic mass is 32.2. The minimum absolute atomic E-state index is 0.0125. The zero-order chi connectivity index (χ0) is 12.9. The van der Waals surface area contributed by atoms with E-state index in [1.165, 1.54) is 0 Å². The lowest BCUT2D eigenvalue weighted by atomic mass is 10.4. The van der Waals surface area contributed by atoms with Crippen molar-refractivity contribution in [2.75, 3.05) is 25.4 Å². The minimum atomic E-state index is -3.29. The molecule has 0 radical (unpaired) electrons. The number of carbonyl (C=O) groups excluding carboxylic acids is 2. The first-order valence-corrected chi connectivity index (χ1v) is 7.17. The topological polar surface area (TPSA) is 95.6 Å². The molecule has 17 heavy (non-hydrogen) atoms. The van der Waals surface area contributed by atoms with E-state index in [0.29, 0.717) is 6.42 Å². The molecule has 1 heterocycles. The van der Waals surface area contributed by atoms with Gasteiger partial charge in [0.05, 0.1) is 12.3 Å². The Morgan fingerprint density at radius 3 is 2.65 bits per heavy atom. The molecular weight excluding hydrogens is 246 g/mol. The van der Waals surface area contributed by atoms with Crippen LogP contribution in [0.25, 0.3) is 0 Å². The average Bonchev–Trinajstić information content (AvgIpc) is 2.58. The van der Waals surface area contributed by atoms with E-state index >= 15 is 0 Å². The molecule has 0 atom stereocenters. The second-order valence-corrected chi connectivity index (χ2v) is 5.70. The maximum absolute atomic E-state index is 11.4. The molecule has 0 aromatic rings. The summed E-state index contributed by atoms with van der Waals surface area (Å²) < 4.78 is 25.2. The van der Waals surface area contributed by atoms with Gasteiger partial charge in [0.2, 0.25) is 15.9 Å². The smallest absolute Gasteiger partial charge is 0.324 e. The van der Waals surface area contributed by atoms with Crippen LogP contribution in [0.2, 0.25) is 0 Å². The fourth-order valence-electron chi connectivity index (χ4n) is 1.40. The third kappa shape index (κ3) is 4.31. The average molecular weight is 263 g/mol. The van der Waals surface area contributed by atoms with E-state index < -0.39 is 16.1 Å². The van der Waals surface area contributed by atoms with Crippen molar-refractivity contribution in [3.8, 4) is 0 Å². The molecule has 1 aliphatic heterocycles. The van der Waals surface area contributed by atoms with Crippen LogP contribution >= 0.6 is 0 Å². The van der Waals surface area contributed by atoms with Gasteiger partial charge in [-0.25, -0.2) is 17.9 Å². The van der Waals surface area contributed by atoms with E-state index in [0.717, 1.165) is 11.3 Å². The summed E-state index contributed by atoms with van der Waals surface area (Å²) in [4.78, 5) is 23.3. The predicted octanol–water partition coefficient (Wildman–Crippen LogP) is -0.742. The van der Waals surface area contributed by atoms with Crippen molar-refractivity contribution in [3.63, 3.8) is 0 Å². The highest BCUT2D eigenvalue weighted by molar-refractivity contribution is 7.89. The Kier molecular flexibility index (Phi) is 4.88. The molecule has 0 spiro atoms. The third-order valence-corrected chi connectivity index (χ3v) is 3.83. The Morgan fingerprint density at radius 1 is 1.41 bits per heavy atom. The number of unbranched alkanes of at least 4 members (excludes halogenated alkanes) is 1. The van der Waals surface area contributed by atoms with E-state index in [4.69, 9.17) is 0 Å². The lowest BCUT2D eigenvalue weighted by Crippen LogP contribution is -2.39. The van der Waals surface area contributed by atoms with Gasteiger partial charge in [-0.15, -0.1) is 0 Å². The molecule has 0 saturated carbocycles. The van der Waals surface area contributed by atoms with Crippen LogP contribution < -0.4 is 10.0 Å². The molecule has 0 aromatic heterocycles. The molecule has 1 saturated heterocycles. The van der Waals surface area contributed by atoms with Crippen molar-refractivity contribution in [3.05, 3.63) is 0 Å². The van der Waals surface area contributed by atoms with Crippen LogP contribution in [0.4, 0.5) is 4.79 Å². The SMILES string of the molecule is CCCCS(=O)(=O)NCCN1C(=O)CNC1=O. The number of nitrogens with zero attached hydrogens (tertiary/aromatic N) is 1. The monoisotopic (exact) mass is 263 g/mol. The highest BCUT2D eigenvalue weighted by Crippen LogP contribution is 1.98. The predicted molar refractivity (Wildman–Crippen MR) is 61.8 cm³/mol. The summed E-state index contributed by atoms with van der Waals surface area (Å²) in [6.07, 6.45) is 1.40. The minimum Gasteiger partial charge on any atom is -0.329 e. The first kappa shape index (κ1) is 13.9. The summed E-state index contributed by atoms with van der Waals surface area (Å²) >= 11 is 0. The number of sulfonamides is 1. The van der Waals surface area contributed by atoms with E-state index in [-0.39, 0.29) is 31.3 Å². The largest absolute Gasteiger partial charge is 0.329 e. The standard InChI is InChI=1S/C9H17N3O4S/c1-2-3-6-17(15,16)11-4-5-12-8(13)7-10-9(12)14/h11H,2-7H2,1H3,(H,10,14). The van der Waals surface area contributed by atoms with Gasteiger partial charge in [-0.1, -0.05) is 13.3 Å². The van der Waals surface area contributed by atoms with Crippen LogP contribution in [-0.4, -0.2) is 50.6 Å². The van der Waals surface area contributed by atoms with Gasteiger partial charge < -0.3 is 5.32 Å². The molecule has 0 unspecified atom stereocenters. The van der Waals surface area contributed by atoms with E-state index in [1.807, 2.05) is 6.92 Å². The fourth-order valence-corrected chi connectivity index (χ4v) is 2.62. The van der Waals surface area contributed by atoms with Gasteiger partial charge in [0.25, 0.3) is 0 Å². The molecule has 7 nitrogen and oxygen atoms in total. The summed E-state index contributed by atoms with van der Waals surface area (Å²) in [5.41, 5.74) is 0. The number of carbonyl (C=O) groups is 2. The molecule has 2 N–H and O–H groups in total. The first-order valence-electron chi connectivity index (χ1n) is 5.52. The normalized spacial score (nSPS) is 16.4. The van der Waals surface area contributed by atoms with Gasteiger partial charge in [0.1, 0.15) is 0 Å². The highest BCUT2D eigenvalue weighted by Gasteiger charge is 2.27. The van der Waals surface area contributed by atoms with Crippen LogP contribution in [0, 0.1) is 0 Å². The second kappa shape index (κ2) is 5.97. The molecule has 98 valence electrons. The van der Waals surface area contributed by atoms with Crippen LogP contribution in [-0.2, 0) is 14.8 Å². The summed E-state index contributed by atoms with van der Waals surface area (Å²) in [5, 5.41) is 2.36. The van der Waals surface area contributed by atoms with Crippen molar-refractivity contribution in [2.24, 2.45) is 0 Å². The number of nitrogens with one attached hydrogen (secondary N) is 2. The maximum Gasteiger partial charge on any atom is 0.324 e. The van der Waals surface area contributed by atoms with Gasteiger partial charge in [-0.3, -0.25) is 9.69 Å². The van der Waals surface area contributed by atoms with Gasteiger partial charge in [0, 0.05) is 13.1 Å². The van der Waals surface area contributed by atoms with Crippen molar-refractivity contribution in [2.45, 2.75) is 19.8 Å². The number of imide groups is 1. The summed E-state index contributed by atoms with van der Waals surface area (Å²) in [6.45, 7) is 2.02. The first-order chi connectivity index (χ1) is 7.96. The lowest BCUT2D eigenvalue weighted by Gasteiger charge is -2.12. The van der Waals surface area contributed by atoms with Crippen molar-refractivity contribution in [1.29, 1.82) is 0 Å². The van der Waals surface area contributed by atoms with Crippen molar-refractivity contribution >= 4 is 22.0 Å². The Balaban J connectivity index is 2.32. The zero-order valence-corrected chi connectivity index (χ0v) is 10.5. The number of urea groups is 1. The number of hydrogen-bond acceptors (Lipinski definition) is 4. The van der Waals surface area contributed by atoms with Gasteiger partial charge in [-0.05, 0) is 6.42 Å². The van der Waals surface area contributed by atoms with E-state index in [1.54, 1.807) is 0 Å².